The molecule has 2 unspecified atom stereocenters. The number of carbonyl (C=O) groups excluding carboxylic acids is 1. The molecule has 0 saturated carbocycles. The van der Waals surface area contributed by atoms with E-state index in [9.17, 15) is 4.79 Å². The van der Waals surface area contributed by atoms with E-state index in [1.54, 1.807) is 11.8 Å². The van der Waals surface area contributed by atoms with Crippen LogP contribution in [0.25, 0.3) is 0 Å². The van der Waals surface area contributed by atoms with Crippen molar-refractivity contribution in [2.75, 3.05) is 18.5 Å². The molecular weight excluding hydrogens is 264 g/mol. The first kappa shape index (κ1) is 13.5. The van der Waals surface area contributed by atoms with Crippen LogP contribution in [0.2, 0.25) is 0 Å². The number of amides is 2. The summed E-state index contributed by atoms with van der Waals surface area (Å²) in [6, 6.07) is 5.12. The van der Waals surface area contributed by atoms with Crippen LogP contribution in [-0.2, 0) is 6.42 Å². The molecule has 21 heavy (non-hydrogen) atoms. The second-order valence-corrected chi connectivity index (χ2v) is 5.53. The third-order valence-corrected chi connectivity index (χ3v) is 4.21. The van der Waals surface area contributed by atoms with Gasteiger partial charge in [-0.15, -0.1) is 6.42 Å². The van der Waals surface area contributed by atoms with Crippen LogP contribution in [-0.4, -0.2) is 36.4 Å². The molecule has 2 N–H and O–H groups in total. The monoisotopic (exact) mass is 282 g/mol. The lowest BCUT2D eigenvalue weighted by Crippen LogP contribution is -2.39. The average Bonchev–Trinajstić information content (AvgIpc) is 2.98. The Morgan fingerprint density at radius 1 is 1.52 bits per heavy atom. The van der Waals surface area contributed by atoms with Crippen LogP contribution < -0.4 is 10.6 Å². The van der Waals surface area contributed by atoms with Gasteiger partial charge in [0.05, 0.1) is 6.04 Å². The number of hydrogen-bond acceptors (Lipinski definition) is 3. The van der Waals surface area contributed by atoms with Gasteiger partial charge < -0.3 is 10.6 Å². The van der Waals surface area contributed by atoms with Crippen molar-refractivity contribution < 1.29 is 4.79 Å². The van der Waals surface area contributed by atoms with Crippen LogP contribution in [0.5, 0.6) is 0 Å². The summed E-state index contributed by atoms with van der Waals surface area (Å²) in [6.07, 6.45) is 6.47. The molecular formula is C16H18N4O. The van der Waals surface area contributed by atoms with Crippen molar-refractivity contribution in [3.8, 4) is 12.3 Å². The number of aliphatic imine (C=N–C) groups is 1. The number of amidine groups is 1. The molecule has 2 aliphatic heterocycles. The lowest BCUT2D eigenvalue weighted by atomic mass is 10.00. The maximum Gasteiger partial charge on any atom is 0.347 e. The minimum Gasteiger partial charge on any atom is -0.385 e. The standard InChI is InChI=1S/C16H18N4O/c1-4-10(2)20-14(15(17)18-16(20)21)12-5-6-13-11(9-12)7-8-19(13)3/h1,5-6,9-10,14H,7-8H2,2-3H3,(H2,17,18,21). The van der Waals surface area contributed by atoms with Crippen LogP contribution in [0, 0.1) is 12.3 Å². The fraction of sp³-hybridized carbons (Fsp3) is 0.375. The Bertz CT molecular complexity index is 673. The third-order valence-electron chi connectivity index (χ3n) is 4.21. The van der Waals surface area contributed by atoms with Gasteiger partial charge in [-0.3, -0.25) is 4.90 Å². The fourth-order valence-corrected chi connectivity index (χ4v) is 3.04. The molecule has 0 bridgehead atoms. The van der Waals surface area contributed by atoms with Crippen LogP contribution in [0.3, 0.4) is 0 Å². The molecule has 2 atom stereocenters. The van der Waals surface area contributed by atoms with Gasteiger partial charge in [-0.05, 0) is 30.5 Å². The van der Waals surface area contributed by atoms with Crippen molar-refractivity contribution in [3.63, 3.8) is 0 Å². The number of nitrogens with two attached hydrogens (primary N) is 1. The summed E-state index contributed by atoms with van der Waals surface area (Å²) in [5, 5.41) is 0. The number of likely N-dealkylation sites (N-methyl/N-ethyl adjacent to an activating group) is 1. The van der Waals surface area contributed by atoms with Gasteiger partial charge in [0.15, 0.2) is 0 Å². The maximum atomic E-state index is 12.0. The highest BCUT2D eigenvalue weighted by Crippen LogP contribution is 2.34. The van der Waals surface area contributed by atoms with Crippen LogP contribution in [0.4, 0.5) is 10.5 Å². The summed E-state index contributed by atoms with van der Waals surface area (Å²) >= 11 is 0. The third kappa shape index (κ3) is 2.04. The van der Waals surface area contributed by atoms with Crippen molar-refractivity contribution in [1.29, 1.82) is 0 Å². The van der Waals surface area contributed by atoms with E-state index in [4.69, 9.17) is 12.2 Å². The lowest BCUT2D eigenvalue weighted by molar-refractivity contribution is 0.199. The zero-order valence-corrected chi connectivity index (χ0v) is 12.2. The van der Waals surface area contributed by atoms with Crippen LogP contribution >= 0.6 is 0 Å². The Morgan fingerprint density at radius 3 is 3.00 bits per heavy atom. The van der Waals surface area contributed by atoms with Gasteiger partial charge in [0.25, 0.3) is 0 Å². The molecule has 0 radical (unpaired) electrons. The number of fused-ring (bicyclic) bond motifs is 1. The second-order valence-electron chi connectivity index (χ2n) is 5.53. The van der Waals surface area contributed by atoms with Crippen molar-refractivity contribution in [2.45, 2.75) is 25.4 Å². The van der Waals surface area contributed by atoms with Gasteiger partial charge in [0.2, 0.25) is 0 Å². The minimum atomic E-state index is -0.361. The predicted octanol–water partition coefficient (Wildman–Crippen LogP) is 1.53. The van der Waals surface area contributed by atoms with Crippen molar-refractivity contribution in [3.05, 3.63) is 29.3 Å². The quantitative estimate of drug-likeness (QED) is 0.837. The molecule has 0 spiro atoms. The topological polar surface area (TPSA) is 61.9 Å². The van der Waals surface area contributed by atoms with Crippen molar-refractivity contribution >= 4 is 17.6 Å². The molecule has 1 aromatic carbocycles. The van der Waals surface area contributed by atoms with Crippen molar-refractivity contribution in [1.82, 2.24) is 4.90 Å². The van der Waals surface area contributed by atoms with Gasteiger partial charge in [-0.2, -0.15) is 4.99 Å². The summed E-state index contributed by atoms with van der Waals surface area (Å²) in [7, 11) is 2.08. The Balaban J connectivity index is 2.01. The zero-order chi connectivity index (χ0) is 15.1. The molecule has 3 rings (SSSR count). The van der Waals surface area contributed by atoms with E-state index in [0.717, 1.165) is 18.5 Å². The van der Waals surface area contributed by atoms with Gasteiger partial charge >= 0.3 is 6.03 Å². The van der Waals surface area contributed by atoms with Crippen molar-refractivity contribution in [2.24, 2.45) is 10.7 Å². The molecule has 0 aliphatic carbocycles. The molecule has 0 saturated heterocycles. The van der Waals surface area contributed by atoms with E-state index in [1.165, 1.54) is 11.3 Å². The Labute approximate surface area is 124 Å². The molecule has 2 heterocycles. The molecule has 0 fully saturated rings. The smallest absolute Gasteiger partial charge is 0.347 e. The Morgan fingerprint density at radius 2 is 2.29 bits per heavy atom. The fourth-order valence-electron chi connectivity index (χ4n) is 3.04. The first-order valence-electron chi connectivity index (χ1n) is 6.99. The molecule has 2 aliphatic rings. The van der Waals surface area contributed by atoms with Crippen LogP contribution in [0.15, 0.2) is 23.2 Å². The molecule has 0 aromatic heterocycles. The van der Waals surface area contributed by atoms with E-state index >= 15 is 0 Å². The summed E-state index contributed by atoms with van der Waals surface area (Å²) in [5.74, 6) is 2.90. The Hall–Kier alpha value is -2.48. The zero-order valence-electron chi connectivity index (χ0n) is 12.2. The lowest BCUT2D eigenvalue weighted by Gasteiger charge is -2.27. The number of rotatable bonds is 2. The number of benzene rings is 1. The van der Waals surface area contributed by atoms with Crippen LogP contribution in [0.1, 0.15) is 24.1 Å². The predicted molar refractivity (Wildman–Crippen MR) is 83.3 cm³/mol. The summed E-state index contributed by atoms with van der Waals surface area (Å²) in [5.41, 5.74) is 9.44. The number of terminal acetylenes is 1. The first-order valence-corrected chi connectivity index (χ1v) is 6.99. The largest absolute Gasteiger partial charge is 0.385 e. The normalized spacial score (nSPS) is 22.0. The van der Waals surface area contributed by atoms with E-state index in [2.05, 4.69) is 35.0 Å². The molecule has 5 heteroatoms. The first-order chi connectivity index (χ1) is 10.0. The van der Waals surface area contributed by atoms with Gasteiger partial charge in [0.1, 0.15) is 11.9 Å². The number of hydrogen-bond donors (Lipinski definition) is 1. The molecule has 2 amide bonds. The molecule has 5 nitrogen and oxygen atoms in total. The SMILES string of the molecule is C#CC(C)N1C(=O)N=C(N)C1c1ccc2c(c1)CCN2C. The molecule has 1 aromatic rings. The van der Waals surface area contributed by atoms with E-state index in [0.29, 0.717) is 5.84 Å². The highest BCUT2D eigenvalue weighted by atomic mass is 16.2. The van der Waals surface area contributed by atoms with Gasteiger partial charge in [0, 0.05) is 19.3 Å². The summed E-state index contributed by atoms with van der Waals surface area (Å²) < 4.78 is 0. The average molecular weight is 282 g/mol. The molecule has 108 valence electrons. The highest BCUT2D eigenvalue weighted by molar-refractivity contribution is 6.03. The van der Waals surface area contributed by atoms with E-state index < -0.39 is 0 Å². The maximum absolute atomic E-state index is 12.0. The summed E-state index contributed by atoms with van der Waals surface area (Å²) in [6.45, 7) is 2.82. The number of nitrogens with zero attached hydrogens (tertiary/aromatic N) is 3. The number of urea groups is 1. The number of anilines is 1. The van der Waals surface area contributed by atoms with Gasteiger partial charge in [-0.1, -0.05) is 18.1 Å². The van der Waals surface area contributed by atoms with Gasteiger partial charge in [-0.25, -0.2) is 4.79 Å². The highest BCUT2D eigenvalue weighted by Gasteiger charge is 2.37. The Kier molecular flexibility index (Phi) is 3.09. The second kappa shape index (κ2) is 4.81. The van der Waals surface area contributed by atoms with E-state index in [-0.39, 0.29) is 18.1 Å². The minimum absolute atomic E-state index is 0.313. The number of carbonyl (C=O) groups is 1. The summed E-state index contributed by atoms with van der Waals surface area (Å²) in [4.78, 5) is 19.7. The van der Waals surface area contributed by atoms with E-state index in [1.807, 2.05) is 6.07 Å².